The molecule has 1 aromatic carbocycles. The SMILES string of the molecule is CC1c2nc3ccccc3nc2C1C. The van der Waals surface area contributed by atoms with E-state index in [0.29, 0.717) is 11.8 Å². The fourth-order valence-corrected chi connectivity index (χ4v) is 2.07. The monoisotopic (exact) mass is 184 g/mol. The van der Waals surface area contributed by atoms with Gasteiger partial charge in [0.05, 0.1) is 22.4 Å². The third-order valence-electron chi connectivity index (χ3n) is 3.24. The van der Waals surface area contributed by atoms with E-state index < -0.39 is 0 Å². The van der Waals surface area contributed by atoms with Gasteiger partial charge in [0, 0.05) is 11.8 Å². The lowest BCUT2D eigenvalue weighted by Gasteiger charge is -2.32. The molecule has 0 saturated carbocycles. The van der Waals surface area contributed by atoms with Gasteiger partial charge < -0.3 is 0 Å². The first-order valence-electron chi connectivity index (χ1n) is 5.04. The zero-order valence-corrected chi connectivity index (χ0v) is 8.36. The predicted octanol–water partition coefficient (Wildman–Crippen LogP) is 2.85. The zero-order chi connectivity index (χ0) is 9.71. The highest BCUT2D eigenvalue weighted by Crippen LogP contribution is 2.43. The van der Waals surface area contributed by atoms with Gasteiger partial charge in [-0.3, -0.25) is 0 Å². The van der Waals surface area contributed by atoms with Crippen LogP contribution in [0.5, 0.6) is 0 Å². The van der Waals surface area contributed by atoms with E-state index in [4.69, 9.17) is 0 Å². The zero-order valence-electron chi connectivity index (χ0n) is 8.36. The Labute approximate surface area is 83.0 Å². The standard InChI is InChI=1S/C12H12N2/c1-7-8(2)12-11(7)13-9-5-3-4-6-10(9)14-12/h3-8H,1-2H3. The summed E-state index contributed by atoms with van der Waals surface area (Å²) in [5, 5.41) is 0. The fraction of sp³-hybridized carbons (Fsp3) is 0.333. The van der Waals surface area contributed by atoms with Crippen LogP contribution in [0.2, 0.25) is 0 Å². The van der Waals surface area contributed by atoms with Crippen LogP contribution in [0.1, 0.15) is 37.1 Å². The molecule has 14 heavy (non-hydrogen) atoms. The molecule has 0 aliphatic heterocycles. The van der Waals surface area contributed by atoms with Gasteiger partial charge in [-0.15, -0.1) is 0 Å². The smallest absolute Gasteiger partial charge is 0.0890 e. The molecule has 2 heteroatoms. The normalized spacial score (nSPS) is 24.4. The fourth-order valence-electron chi connectivity index (χ4n) is 2.07. The summed E-state index contributed by atoms with van der Waals surface area (Å²) >= 11 is 0. The molecule has 1 heterocycles. The Morgan fingerprint density at radius 3 is 1.71 bits per heavy atom. The van der Waals surface area contributed by atoms with Crippen molar-refractivity contribution in [1.29, 1.82) is 0 Å². The molecule has 2 nitrogen and oxygen atoms in total. The minimum Gasteiger partial charge on any atom is -0.249 e. The first-order chi connectivity index (χ1) is 6.77. The summed E-state index contributed by atoms with van der Waals surface area (Å²) in [6.45, 7) is 4.44. The van der Waals surface area contributed by atoms with Crippen molar-refractivity contribution >= 4 is 11.0 Å². The number of aromatic nitrogens is 2. The lowest BCUT2D eigenvalue weighted by atomic mass is 9.77. The van der Waals surface area contributed by atoms with Crippen molar-refractivity contribution in [2.24, 2.45) is 0 Å². The molecule has 1 aliphatic rings. The van der Waals surface area contributed by atoms with Crippen LogP contribution in [0.25, 0.3) is 11.0 Å². The van der Waals surface area contributed by atoms with Crippen molar-refractivity contribution in [1.82, 2.24) is 9.97 Å². The van der Waals surface area contributed by atoms with Crippen LogP contribution >= 0.6 is 0 Å². The van der Waals surface area contributed by atoms with Crippen molar-refractivity contribution in [3.05, 3.63) is 35.7 Å². The largest absolute Gasteiger partial charge is 0.249 e. The van der Waals surface area contributed by atoms with Crippen LogP contribution < -0.4 is 0 Å². The van der Waals surface area contributed by atoms with E-state index in [0.717, 1.165) is 11.0 Å². The molecular weight excluding hydrogens is 172 g/mol. The number of para-hydroxylation sites is 2. The van der Waals surface area contributed by atoms with E-state index in [1.807, 2.05) is 24.3 Å². The van der Waals surface area contributed by atoms with E-state index in [1.165, 1.54) is 11.4 Å². The highest BCUT2D eigenvalue weighted by molar-refractivity contribution is 5.75. The Balaban J connectivity index is 2.31. The summed E-state index contributed by atoms with van der Waals surface area (Å²) in [7, 11) is 0. The summed E-state index contributed by atoms with van der Waals surface area (Å²) < 4.78 is 0. The molecule has 0 bridgehead atoms. The van der Waals surface area contributed by atoms with Gasteiger partial charge >= 0.3 is 0 Å². The molecule has 2 atom stereocenters. The number of rotatable bonds is 0. The molecule has 0 spiro atoms. The predicted molar refractivity (Wildman–Crippen MR) is 56.4 cm³/mol. The first kappa shape index (κ1) is 7.92. The van der Waals surface area contributed by atoms with Crippen molar-refractivity contribution in [3.63, 3.8) is 0 Å². The second kappa shape index (κ2) is 2.53. The van der Waals surface area contributed by atoms with Crippen molar-refractivity contribution in [2.45, 2.75) is 25.7 Å². The Kier molecular flexibility index (Phi) is 1.43. The van der Waals surface area contributed by atoms with Gasteiger partial charge in [0.15, 0.2) is 0 Å². The summed E-state index contributed by atoms with van der Waals surface area (Å²) in [5.74, 6) is 1.14. The molecule has 0 saturated heterocycles. The summed E-state index contributed by atoms with van der Waals surface area (Å²) in [6, 6.07) is 8.07. The molecule has 3 rings (SSSR count). The Morgan fingerprint density at radius 1 is 0.857 bits per heavy atom. The molecule has 0 amide bonds. The molecule has 1 aliphatic carbocycles. The van der Waals surface area contributed by atoms with Gasteiger partial charge in [0.2, 0.25) is 0 Å². The highest BCUT2D eigenvalue weighted by Gasteiger charge is 2.34. The number of hydrogen-bond donors (Lipinski definition) is 0. The van der Waals surface area contributed by atoms with Crippen LogP contribution in [0, 0.1) is 0 Å². The van der Waals surface area contributed by atoms with Gasteiger partial charge in [-0.1, -0.05) is 26.0 Å². The Bertz CT molecular complexity index is 458. The van der Waals surface area contributed by atoms with Gasteiger partial charge in [0.1, 0.15) is 0 Å². The van der Waals surface area contributed by atoms with Crippen LogP contribution in [-0.4, -0.2) is 9.97 Å². The lowest BCUT2D eigenvalue weighted by Crippen LogP contribution is -2.23. The topological polar surface area (TPSA) is 25.8 Å². The second-order valence-electron chi connectivity index (χ2n) is 4.06. The Morgan fingerprint density at radius 2 is 1.29 bits per heavy atom. The van der Waals surface area contributed by atoms with E-state index in [1.54, 1.807) is 0 Å². The second-order valence-corrected chi connectivity index (χ2v) is 4.06. The third kappa shape index (κ3) is 0.857. The lowest BCUT2D eigenvalue weighted by molar-refractivity contribution is 0.505. The maximum atomic E-state index is 4.63. The molecule has 0 fully saturated rings. The van der Waals surface area contributed by atoms with Crippen LogP contribution in [-0.2, 0) is 0 Å². The number of fused-ring (bicyclic) bond motifs is 2. The molecule has 70 valence electrons. The highest BCUT2D eigenvalue weighted by atomic mass is 14.9. The minimum absolute atomic E-state index is 0.571. The van der Waals surface area contributed by atoms with E-state index in [9.17, 15) is 0 Å². The van der Waals surface area contributed by atoms with Gasteiger partial charge in [0.25, 0.3) is 0 Å². The van der Waals surface area contributed by atoms with Crippen LogP contribution in [0.4, 0.5) is 0 Å². The minimum atomic E-state index is 0.571. The molecule has 0 radical (unpaired) electrons. The Hall–Kier alpha value is -1.44. The quantitative estimate of drug-likeness (QED) is 0.629. The maximum absolute atomic E-state index is 4.63. The maximum Gasteiger partial charge on any atom is 0.0890 e. The average Bonchev–Trinajstić information content (AvgIpc) is 2.26. The van der Waals surface area contributed by atoms with Crippen LogP contribution in [0.15, 0.2) is 24.3 Å². The molecule has 2 unspecified atom stereocenters. The van der Waals surface area contributed by atoms with Crippen molar-refractivity contribution in [2.75, 3.05) is 0 Å². The van der Waals surface area contributed by atoms with E-state index in [2.05, 4.69) is 23.8 Å². The summed E-state index contributed by atoms with van der Waals surface area (Å²) in [6.07, 6.45) is 0. The van der Waals surface area contributed by atoms with Crippen molar-refractivity contribution in [3.8, 4) is 0 Å². The van der Waals surface area contributed by atoms with Gasteiger partial charge in [-0.25, -0.2) is 9.97 Å². The van der Waals surface area contributed by atoms with Crippen LogP contribution in [0.3, 0.4) is 0 Å². The molecule has 1 aromatic heterocycles. The number of benzene rings is 1. The number of nitrogens with zero attached hydrogens (tertiary/aromatic N) is 2. The number of hydrogen-bond acceptors (Lipinski definition) is 2. The molecule has 0 N–H and O–H groups in total. The summed E-state index contributed by atoms with van der Waals surface area (Å²) in [4.78, 5) is 9.26. The molecular formula is C12H12N2. The van der Waals surface area contributed by atoms with Gasteiger partial charge in [-0.2, -0.15) is 0 Å². The third-order valence-corrected chi connectivity index (χ3v) is 3.24. The van der Waals surface area contributed by atoms with Gasteiger partial charge in [-0.05, 0) is 12.1 Å². The summed E-state index contributed by atoms with van der Waals surface area (Å²) in [5.41, 5.74) is 4.42. The van der Waals surface area contributed by atoms with E-state index in [-0.39, 0.29) is 0 Å². The molecule has 2 aromatic rings. The van der Waals surface area contributed by atoms with Crippen molar-refractivity contribution < 1.29 is 0 Å². The van der Waals surface area contributed by atoms with E-state index >= 15 is 0 Å². The average molecular weight is 184 g/mol. The first-order valence-corrected chi connectivity index (χ1v) is 5.04.